The first-order valence-electron chi connectivity index (χ1n) is 11.2. The molecule has 0 radical (unpaired) electrons. The number of aryl methyl sites for hydroxylation is 1. The summed E-state index contributed by atoms with van der Waals surface area (Å²) in [5.41, 5.74) is 3.21. The van der Waals surface area contributed by atoms with Crippen LogP contribution in [0.3, 0.4) is 0 Å². The van der Waals surface area contributed by atoms with Crippen molar-refractivity contribution in [2.24, 2.45) is 5.92 Å². The van der Waals surface area contributed by atoms with E-state index in [0.29, 0.717) is 11.4 Å². The zero-order valence-corrected chi connectivity index (χ0v) is 19.3. The van der Waals surface area contributed by atoms with Gasteiger partial charge in [0.1, 0.15) is 11.6 Å². The molecule has 0 bridgehead atoms. The SMILES string of the molecule is Cc1n[nH]c(CO)c1-c1ccc(NC(=O)[C@@H](NC(=O)OC(C)(C)C)C2CCCCC2)cc1. The Kier molecular flexibility index (Phi) is 7.56. The topological polar surface area (TPSA) is 116 Å². The summed E-state index contributed by atoms with van der Waals surface area (Å²) < 4.78 is 5.39. The largest absolute Gasteiger partial charge is 0.444 e. The number of aliphatic hydroxyl groups is 1. The van der Waals surface area contributed by atoms with Crippen LogP contribution < -0.4 is 10.6 Å². The highest BCUT2D eigenvalue weighted by molar-refractivity contribution is 5.97. The van der Waals surface area contributed by atoms with Crippen molar-refractivity contribution >= 4 is 17.7 Å². The zero-order valence-electron chi connectivity index (χ0n) is 19.3. The summed E-state index contributed by atoms with van der Waals surface area (Å²) in [6.07, 6.45) is 4.48. The maximum Gasteiger partial charge on any atom is 0.408 e. The van der Waals surface area contributed by atoms with Crippen molar-refractivity contribution in [1.82, 2.24) is 15.5 Å². The van der Waals surface area contributed by atoms with Crippen LogP contribution in [0.1, 0.15) is 64.3 Å². The second kappa shape index (κ2) is 10.2. The van der Waals surface area contributed by atoms with Crippen LogP contribution in [0.25, 0.3) is 11.1 Å². The molecule has 3 rings (SSSR count). The van der Waals surface area contributed by atoms with E-state index in [0.717, 1.165) is 48.9 Å². The summed E-state index contributed by atoms with van der Waals surface area (Å²) >= 11 is 0. The van der Waals surface area contributed by atoms with Crippen LogP contribution in [-0.2, 0) is 16.1 Å². The van der Waals surface area contributed by atoms with Gasteiger partial charge in [0.25, 0.3) is 0 Å². The van der Waals surface area contributed by atoms with E-state index < -0.39 is 17.7 Å². The minimum absolute atomic E-state index is 0.0798. The normalized spacial score (nSPS) is 15.8. The van der Waals surface area contributed by atoms with Crippen LogP contribution in [0, 0.1) is 12.8 Å². The lowest BCUT2D eigenvalue weighted by Gasteiger charge is -2.31. The number of aliphatic hydroxyl groups excluding tert-OH is 1. The highest BCUT2D eigenvalue weighted by Crippen LogP contribution is 2.29. The van der Waals surface area contributed by atoms with Gasteiger partial charge in [-0.3, -0.25) is 9.89 Å². The van der Waals surface area contributed by atoms with Crippen LogP contribution in [-0.4, -0.2) is 38.9 Å². The molecule has 1 heterocycles. The van der Waals surface area contributed by atoms with Gasteiger partial charge in [0.15, 0.2) is 0 Å². The second-order valence-electron chi connectivity index (χ2n) is 9.41. The van der Waals surface area contributed by atoms with Gasteiger partial charge < -0.3 is 20.5 Å². The van der Waals surface area contributed by atoms with Gasteiger partial charge in [-0.05, 0) is 64.2 Å². The number of hydrogen-bond acceptors (Lipinski definition) is 5. The Hall–Kier alpha value is -2.87. The van der Waals surface area contributed by atoms with Crippen LogP contribution in [0.2, 0.25) is 0 Å². The number of ether oxygens (including phenoxy) is 1. The number of amides is 2. The molecule has 1 aliphatic rings. The molecule has 2 amide bonds. The van der Waals surface area contributed by atoms with Gasteiger partial charge in [0.2, 0.25) is 5.91 Å². The van der Waals surface area contributed by atoms with Crippen LogP contribution >= 0.6 is 0 Å². The van der Waals surface area contributed by atoms with E-state index in [2.05, 4.69) is 20.8 Å². The number of anilines is 1. The number of hydrogen-bond donors (Lipinski definition) is 4. The number of rotatable bonds is 6. The minimum Gasteiger partial charge on any atom is -0.444 e. The lowest BCUT2D eigenvalue weighted by atomic mass is 9.83. The smallest absolute Gasteiger partial charge is 0.408 e. The molecule has 0 aliphatic heterocycles. The standard InChI is InChI=1S/C24H34N4O4/c1-15-20(19(14-29)28-27-15)16-10-12-18(13-11-16)25-22(30)21(17-8-6-5-7-9-17)26-23(31)32-24(2,3)4/h10-13,17,21,29H,5-9,14H2,1-4H3,(H,25,30)(H,26,31)(H,27,28)/t21-/m0/s1. The summed E-state index contributed by atoms with van der Waals surface area (Å²) in [4.78, 5) is 25.5. The van der Waals surface area contributed by atoms with Gasteiger partial charge in [0.05, 0.1) is 18.0 Å². The molecule has 1 fully saturated rings. The molecular formula is C24H34N4O4. The maximum absolute atomic E-state index is 13.2. The fourth-order valence-electron chi connectivity index (χ4n) is 4.22. The van der Waals surface area contributed by atoms with E-state index >= 15 is 0 Å². The van der Waals surface area contributed by atoms with Gasteiger partial charge in [-0.25, -0.2) is 4.79 Å². The monoisotopic (exact) mass is 442 g/mol. The van der Waals surface area contributed by atoms with E-state index in [1.807, 2.05) is 31.2 Å². The number of carbonyl (C=O) groups is 2. The molecule has 0 saturated heterocycles. The third-order valence-corrected chi connectivity index (χ3v) is 5.70. The zero-order chi connectivity index (χ0) is 23.3. The molecule has 8 nitrogen and oxygen atoms in total. The summed E-state index contributed by atoms with van der Waals surface area (Å²) in [6, 6.07) is 6.73. The van der Waals surface area contributed by atoms with Crippen molar-refractivity contribution in [1.29, 1.82) is 0 Å². The summed E-state index contributed by atoms with van der Waals surface area (Å²) in [6.45, 7) is 7.14. The number of aromatic nitrogens is 2. The molecule has 0 unspecified atom stereocenters. The van der Waals surface area contributed by atoms with Crippen molar-refractivity contribution in [2.45, 2.75) is 78.0 Å². The molecule has 1 atom stereocenters. The lowest BCUT2D eigenvalue weighted by molar-refractivity contribution is -0.119. The highest BCUT2D eigenvalue weighted by atomic mass is 16.6. The van der Waals surface area contributed by atoms with Crippen molar-refractivity contribution in [3.05, 3.63) is 35.7 Å². The van der Waals surface area contributed by atoms with Gasteiger partial charge in [0, 0.05) is 11.3 Å². The average molecular weight is 443 g/mol. The summed E-state index contributed by atoms with van der Waals surface area (Å²) in [5.74, 6) is -0.165. The number of aromatic amines is 1. The Morgan fingerprint density at radius 1 is 1.19 bits per heavy atom. The molecule has 2 aromatic rings. The number of nitrogens with one attached hydrogen (secondary N) is 3. The first-order chi connectivity index (χ1) is 15.2. The van der Waals surface area contributed by atoms with Gasteiger partial charge in [-0.2, -0.15) is 5.10 Å². The van der Waals surface area contributed by atoms with E-state index in [4.69, 9.17) is 4.74 Å². The third-order valence-electron chi connectivity index (χ3n) is 5.70. The van der Waals surface area contributed by atoms with Crippen molar-refractivity contribution in [3.63, 3.8) is 0 Å². The third kappa shape index (κ3) is 6.09. The fourth-order valence-corrected chi connectivity index (χ4v) is 4.22. The molecule has 174 valence electrons. The Balaban J connectivity index is 1.73. The molecule has 1 aliphatic carbocycles. The van der Waals surface area contributed by atoms with Crippen LogP contribution in [0.4, 0.5) is 10.5 Å². The lowest BCUT2D eigenvalue weighted by Crippen LogP contribution is -2.50. The number of benzene rings is 1. The average Bonchev–Trinajstić information content (AvgIpc) is 3.12. The maximum atomic E-state index is 13.2. The second-order valence-corrected chi connectivity index (χ2v) is 9.41. The Morgan fingerprint density at radius 2 is 1.84 bits per heavy atom. The number of alkyl carbamates (subject to hydrolysis) is 1. The van der Waals surface area contributed by atoms with Crippen LogP contribution in [0.5, 0.6) is 0 Å². The molecule has 0 spiro atoms. The summed E-state index contributed by atoms with van der Waals surface area (Å²) in [7, 11) is 0. The van der Waals surface area contributed by atoms with E-state index in [-0.39, 0.29) is 18.4 Å². The minimum atomic E-state index is -0.651. The number of carbonyl (C=O) groups excluding carboxylic acids is 2. The fraction of sp³-hybridized carbons (Fsp3) is 0.542. The van der Waals surface area contributed by atoms with Crippen LogP contribution in [0.15, 0.2) is 24.3 Å². The van der Waals surface area contributed by atoms with E-state index in [9.17, 15) is 14.7 Å². The van der Waals surface area contributed by atoms with Gasteiger partial charge in [-0.15, -0.1) is 0 Å². The molecule has 1 aromatic carbocycles. The Labute approximate surface area is 189 Å². The number of H-pyrrole nitrogens is 1. The molecule has 8 heteroatoms. The summed E-state index contributed by atoms with van der Waals surface area (Å²) in [5, 5.41) is 22.3. The first kappa shape index (κ1) is 23.8. The molecule has 1 saturated carbocycles. The predicted molar refractivity (Wildman–Crippen MR) is 123 cm³/mol. The van der Waals surface area contributed by atoms with E-state index in [1.165, 1.54) is 0 Å². The molecule has 32 heavy (non-hydrogen) atoms. The van der Waals surface area contributed by atoms with Crippen molar-refractivity contribution in [2.75, 3.05) is 5.32 Å². The van der Waals surface area contributed by atoms with Crippen molar-refractivity contribution < 1.29 is 19.4 Å². The van der Waals surface area contributed by atoms with Crippen molar-refractivity contribution in [3.8, 4) is 11.1 Å². The van der Waals surface area contributed by atoms with Gasteiger partial charge >= 0.3 is 6.09 Å². The Morgan fingerprint density at radius 3 is 2.44 bits per heavy atom. The molecular weight excluding hydrogens is 408 g/mol. The Bertz CT molecular complexity index is 924. The van der Waals surface area contributed by atoms with Gasteiger partial charge in [-0.1, -0.05) is 31.4 Å². The predicted octanol–water partition coefficient (Wildman–Crippen LogP) is 4.29. The highest BCUT2D eigenvalue weighted by Gasteiger charge is 2.32. The quantitative estimate of drug-likeness (QED) is 0.533. The van der Waals surface area contributed by atoms with E-state index in [1.54, 1.807) is 20.8 Å². The first-order valence-corrected chi connectivity index (χ1v) is 11.2. The molecule has 4 N–H and O–H groups in total. The molecule has 1 aromatic heterocycles. The number of nitrogens with zero attached hydrogens (tertiary/aromatic N) is 1.